The van der Waals surface area contributed by atoms with E-state index in [4.69, 9.17) is 0 Å². The van der Waals surface area contributed by atoms with E-state index in [1.165, 1.54) is 0 Å². The summed E-state index contributed by atoms with van der Waals surface area (Å²) in [7, 11) is 0. The maximum Gasteiger partial charge on any atom is 0.325 e. The predicted octanol–water partition coefficient (Wildman–Crippen LogP) is 1.74. The van der Waals surface area contributed by atoms with Crippen LogP contribution >= 0.6 is 0 Å². The third-order valence-corrected chi connectivity index (χ3v) is 4.28. The summed E-state index contributed by atoms with van der Waals surface area (Å²) in [4.78, 5) is 37.7. The molecule has 0 unspecified atom stereocenters. The molecule has 0 aliphatic carbocycles. The second-order valence-corrected chi connectivity index (χ2v) is 5.96. The molecule has 0 radical (unpaired) electrons. The first kappa shape index (κ1) is 16.0. The Morgan fingerprint density at radius 2 is 1.88 bits per heavy atom. The van der Waals surface area contributed by atoms with Crippen LogP contribution < -0.4 is 10.6 Å². The largest absolute Gasteiger partial charge is 0.355 e. The van der Waals surface area contributed by atoms with Crippen LogP contribution in [0, 0.1) is 0 Å². The van der Waals surface area contributed by atoms with Crippen molar-refractivity contribution in [1.82, 2.24) is 15.5 Å². The molecule has 1 fully saturated rings. The molecule has 1 aliphatic heterocycles. The zero-order chi connectivity index (χ0) is 17.3. The summed E-state index contributed by atoms with van der Waals surface area (Å²) in [6.45, 7) is 3.62. The topological polar surface area (TPSA) is 78.5 Å². The van der Waals surface area contributed by atoms with Gasteiger partial charge in [0.15, 0.2) is 0 Å². The summed E-state index contributed by atoms with van der Waals surface area (Å²) in [5, 5.41) is 7.35. The number of fused-ring (bicyclic) bond motifs is 1. The SMILES string of the molecule is CCNC(=O)CN1C(=O)N[C@](C)(c2ccc3ccccc3c2)C1=O. The molecule has 24 heavy (non-hydrogen) atoms. The number of likely N-dealkylation sites (N-methyl/N-ethyl adjacent to an activating group) is 1. The van der Waals surface area contributed by atoms with Crippen LogP contribution in [-0.2, 0) is 15.1 Å². The van der Waals surface area contributed by atoms with Gasteiger partial charge in [0, 0.05) is 6.54 Å². The van der Waals surface area contributed by atoms with E-state index in [9.17, 15) is 14.4 Å². The number of hydrogen-bond donors (Lipinski definition) is 2. The first-order valence-corrected chi connectivity index (χ1v) is 7.86. The average Bonchev–Trinajstić information content (AvgIpc) is 2.79. The molecule has 0 saturated carbocycles. The summed E-state index contributed by atoms with van der Waals surface area (Å²) in [5.41, 5.74) is -0.480. The Labute approximate surface area is 139 Å². The van der Waals surface area contributed by atoms with Crippen molar-refractivity contribution in [3.05, 3.63) is 48.0 Å². The lowest BCUT2D eigenvalue weighted by Gasteiger charge is -2.22. The van der Waals surface area contributed by atoms with Gasteiger partial charge in [0.2, 0.25) is 5.91 Å². The fourth-order valence-electron chi connectivity index (χ4n) is 2.93. The van der Waals surface area contributed by atoms with Crippen molar-refractivity contribution >= 4 is 28.6 Å². The zero-order valence-corrected chi connectivity index (χ0v) is 13.6. The van der Waals surface area contributed by atoms with E-state index in [2.05, 4.69) is 10.6 Å². The van der Waals surface area contributed by atoms with Crippen LogP contribution in [0.5, 0.6) is 0 Å². The molecule has 1 saturated heterocycles. The van der Waals surface area contributed by atoms with Gasteiger partial charge in [-0.3, -0.25) is 14.5 Å². The third kappa shape index (κ3) is 2.60. The molecule has 4 amide bonds. The number of hydrogen-bond acceptors (Lipinski definition) is 3. The minimum absolute atomic E-state index is 0.276. The van der Waals surface area contributed by atoms with E-state index in [-0.39, 0.29) is 12.5 Å². The monoisotopic (exact) mass is 325 g/mol. The molecule has 6 nitrogen and oxygen atoms in total. The second kappa shape index (κ2) is 5.96. The maximum absolute atomic E-state index is 12.8. The highest BCUT2D eigenvalue weighted by Crippen LogP contribution is 2.30. The van der Waals surface area contributed by atoms with Gasteiger partial charge in [-0.05, 0) is 36.2 Å². The molecule has 6 heteroatoms. The Hall–Kier alpha value is -2.89. The Morgan fingerprint density at radius 1 is 1.17 bits per heavy atom. The van der Waals surface area contributed by atoms with Crippen molar-refractivity contribution in [2.75, 3.05) is 13.1 Å². The molecule has 1 heterocycles. The number of benzene rings is 2. The molecule has 1 atom stereocenters. The highest BCUT2D eigenvalue weighted by atomic mass is 16.2. The van der Waals surface area contributed by atoms with Gasteiger partial charge < -0.3 is 10.6 Å². The number of urea groups is 1. The highest BCUT2D eigenvalue weighted by Gasteiger charge is 2.49. The van der Waals surface area contributed by atoms with Crippen LogP contribution in [0.1, 0.15) is 19.4 Å². The quantitative estimate of drug-likeness (QED) is 0.841. The lowest BCUT2D eigenvalue weighted by Crippen LogP contribution is -2.43. The molecule has 2 N–H and O–H groups in total. The highest BCUT2D eigenvalue weighted by molar-refractivity contribution is 6.09. The molecule has 0 bridgehead atoms. The zero-order valence-electron chi connectivity index (χ0n) is 13.6. The van der Waals surface area contributed by atoms with Crippen LogP contribution in [0.25, 0.3) is 10.8 Å². The van der Waals surface area contributed by atoms with Gasteiger partial charge in [-0.25, -0.2) is 4.79 Å². The second-order valence-electron chi connectivity index (χ2n) is 5.96. The summed E-state index contributed by atoms with van der Waals surface area (Å²) >= 11 is 0. The summed E-state index contributed by atoms with van der Waals surface area (Å²) < 4.78 is 0. The Kier molecular flexibility index (Phi) is 3.97. The first-order chi connectivity index (χ1) is 11.5. The Balaban J connectivity index is 1.92. The fraction of sp³-hybridized carbons (Fsp3) is 0.278. The third-order valence-electron chi connectivity index (χ3n) is 4.28. The van der Waals surface area contributed by atoms with Crippen molar-refractivity contribution in [3.8, 4) is 0 Å². The summed E-state index contributed by atoms with van der Waals surface area (Å²) in [6, 6.07) is 12.9. The Morgan fingerprint density at radius 3 is 2.58 bits per heavy atom. The number of nitrogens with zero attached hydrogens (tertiary/aromatic N) is 1. The maximum atomic E-state index is 12.8. The van der Waals surface area contributed by atoms with Gasteiger partial charge >= 0.3 is 6.03 Å². The van der Waals surface area contributed by atoms with Crippen LogP contribution in [0.4, 0.5) is 4.79 Å². The van der Waals surface area contributed by atoms with Crippen LogP contribution in [-0.4, -0.2) is 35.8 Å². The van der Waals surface area contributed by atoms with Crippen molar-refractivity contribution in [2.24, 2.45) is 0 Å². The van der Waals surface area contributed by atoms with Crippen LogP contribution in [0.2, 0.25) is 0 Å². The molecule has 0 spiro atoms. The van der Waals surface area contributed by atoms with E-state index in [1.54, 1.807) is 13.8 Å². The van der Waals surface area contributed by atoms with Crippen molar-refractivity contribution in [2.45, 2.75) is 19.4 Å². The number of nitrogens with one attached hydrogen (secondary N) is 2. The molecule has 124 valence electrons. The molecular weight excluding hydrogens is 306 g/mol. The van der Waals surface area contributed by atoms with Crippen molar-refractivity contribution < 1.29 is 14.4 Å². The molecule has 2 aromatic carbocycles. The summed E-state index contributed by atoms with van der Waals surface area (Å²) in [5.74, 6) is -0.780. The molecule has 2 aromatic rings. The first-order valence-electron chi connectivity index (χ1n) is 7.86. The molecular formula is C18H19N3O3. The number of carbonyl (C=O) groups is 3. The lowest BCUT2D eigenvalue weighted by atomic mass is 9.90. The van der Waals surface area contributed by atoms with Crippen LogP contribution in [0.3, 0.4) is 0 Å². The van der Waals surface area contributed by atoms with Crippen molar-refractivity contribution in [1.29, 1.82) is 0 Å². The fourth-order valence-corrected chi connectivity index (χ4v) is 2.93. The van der Waals surface area contributed by atoms with Crippen molar-refractivity contribution in [3.63, 3.8) is 0 Å². The average molecular weight is 325 g/mol. The number of carbonyl (C=O) groups excluding carboxylic acids is 3. The van der Waals surface area contributed by atoms with Gasteiger partial charge in [0.25, 0.3) is 5.91 Å². The minimum Gasteiger partial charge on any atom is -0.355 e. The smallest absolute Gasteiger partial charge is 0.325 e. The van der Waals surface area contributed by atoms with Gasteiger partial charge in [0.1, 0.15) is 12.1 Å². The normalized spacial score (nSPS) is 20.3. The predicted molar refractivity (Wildman–Crippen MR) is 90.2 cm³/mol. The number of amides is 4. The van der Waals surface area contributed by atoms with Gasteiger partial charge in [0.05, 0.1) is 0 Å². The summed E-state index contributed by atoms with van der Waals surface area (Å²) in [6.07, 6.45) is 0. The molecule has 0 aromatic heterocycles. The van der Waals surface area contributed by atoms with Gasteiger partial charge in [-0.15, -0.1) is 0 Å². The van der Waals surface area contributed by atoms with E-state index >= 15 is 0 Å². The van der Waals surface area contributed by atoms with E-state index < -0.39 is 17.5 Å². The lowest BCUT2D eigenvalue weighted by molar-refractivity contribution is -0.134. The Bertz CT molecular complexity index is 833. The number of rotatable bonds is 4. The van der Waals surface area contributed by atoms with E-state index in [1.807, 2.05) is 42.5 Å². The van der Waals surface area contributed by atoms with E-state index in [0.29, 0.717) is 12.1 Å². The minimum atomic E-state index is -1.17. The molecule has 3 rings (SSSR count). The molecule has 1 aliphatic rings. The van der Waals surface area contributed by atoms with E-state index in [0.717, 1.165) is 15.7 Å². The standard InChI is InChI=1S/C18H19N3O3/c1-3-19-15(22)11-21-16(23)18(2,20-17(21)24)14-9-8-12-6-4-5-7-13(12)10-14/h4-10H,3,11H2,1-2H3,(H,19,22)(H,20,24)/t18-/m1/s1. The van der Waals surface area contributed by atoms with Gasteiger partial charge in [-0.2, -0.15) is 0 Å². The van der Waals surface area contributed by atoms with Crippen LogP contribution in [0.15, 0.2) is 42.5 Å². The number of imide groups is 1. The van der Waals surface area contributed by atoms with Gasteiger partial charge in [-0.1, -0.05) is 36.4 Å².